The molecule has 0 radical (unpaired) electrons. The molecule has 2 unspecified atom stereocenters. The van der Waals surface area contributed by atoms with Crippen LogP contribution in [0.5, 0.6) is 0 Å². The lowest BCUT2D eigenvalue weighted by Gasteiger charge is -2.40. The van der Waals surface area contributed by atoms with Gasteiger partial charge in [-0.1, -0.05) is 167 Å². The van der Waals surface area contributed by atoms with Crippen molar-refractivity contribution in [2.24, 2.45) is 0 Å². The van der Waals surface area contributed by atoms with Gasteiger partial charge in [0.1, 0.15) is 36.8 Å². The number of rotatable bonds is 39. The predicted molar refractivity (Wildman–Crippen MR) is 229 cm³/mol. The van der Waals surface area contributed by atoms with Crippen LogP contribution in [0.3, 0.4) is 0 Å². The van der Waals surface area contributed by atoms with Crippen LogP contribution in [0.25, 0.3) is 0 Å². The largest absolute Gasteiger partial charge is 0.462 e. The smallest absolute Gasteiger partial charge is 0.306 e. The highest BCUT2D eigenvalue weighted by atomic mass is 32.2. The van der Waals surface area contributed by atoms with Crippen LogP contribution in [0.2, 0.25) is 0 Å². The number of allylic oxidation sites excluding steroid dienone is 2. The average Bonchev–Trinajstić information content (AvgIpc) is 3.18. The fourth-order valence-corrected chi connectivity index (χ4v) is 7.89. The van der Waals surface area contributed by atoms with Crippen molar-refractivity contribution in [2.75, 3.05) is 19.0 Å². The first-order valence-corrected chi connectivity index (χ1v) is 24.9. The summed E-state index contributed by atoms with van der Waals surface area (Å²) < 4.78 is 54.1. The van der Waals surface area contributed by atoms with Gasteiger partial charge in [0.15, 0.2) is 12.4 Å². The van der Waals surface area contributed by atoms with Crippen LogP contribution in [-0.4, -0.2) is 96.0 Å². The standard InChI is InChI=1S/C45H84O12S/c1-3-5-7-9-11-13-15-17-19-21-23-25-27-29-31-33-40(46)54-35-38(36-55-45-44(50)43(49)42(48)39(57-45)37-58(51,52)53)56-41(47)34-32-30-28-26-24-22-20-18-16-14-12-10-8-6-4-2/h22,24,38-39,42-45,48-50H,3-21,23,25-37H2,1-2H3,(H,51,52,53)/b24-22+/t38-,39-,42-,43?,44?,45+/m1/s1. The molecule has 0 aliphatic carbocycles. The molecule has 342 valence electrons. The van der Waals surface area contributed by atoms with Gasteiger partial charge in [-0.05, 0) is 38.5 Å². The van der Waals surface area contributed by atoms with E-state index in [1.165, 1.54) is 122 Å². The monoisotopic (exact) mass is 849 g/mol. The average molecular weight is 849 g/mol. The van der Waals surface area contributed by atoms with Gasteiger partial charge in [0.25, 0.3) is 10.1 Å². The molecule has 1 heterocycles. The summed E-state index contributed by atoms with van der Waals surface area (Å²) in [7, 11) is -4.60. The summed E-state index contributed by atoms with van der Waals surface area (Å²) in [6, 6.07) is 0. The van der Waals surface area contributed by atoms with Crippen LogP contribution >= 0.6 is 0 Å². The number of carbonyl (C=O) groups excluding carboxylic acids is 2. The maximum atomic E-state index is 12.8. The molecule has 0 aromatic heterocycles. The van der Waals surface area contributed by atoms with Crippen molar-refractivity contribution in [1.29, 1.82) is 0 Å². The predicted octanol–water partition coefficient (Wildman–Crippen LogP) is 9.45. The number of aliphatic hydroxyl groups excluding tert-OH is 3. The minimum atomic E-state index is -4.60. The van der Waals surface area contributed by atoms with Gasteiger partial charge in [-0.15, -0.1) is 0 Å². The van der Waals surface area contributed by atoms with E-state index in [4.69, 9.17) is 18.9 Å². The van der Waals surface area contributed by atoms with Crippen molar-refractivity contribution in [3.8, 4) is 0 Å². The molecule has 0 aromatic rings. The lowest BCUT2D eigenvalue weighted by molar-refractivity contribution is -0.297. The first-order chi connectivity index (χ1) is 28.0. The second-order valence-electron chi connectivity index (χ2n) is 16.4. The van der Waals surface area contributed by atoms with E-state index in [2.05, 4.69) is 26.0 Å². The van der Waals surface area contributed by atoms with E-state index in [1.54, 1.807) is 0 Å². The van der Waals surface area contributed by atoms with E-state index in [0.29, 0.717) is 12.8 Å². The van der Waals surface area contributed by atoms with Crippen molar-refractivity contribution in [2.45, 2.75) is 243 Å². The van der Waals surface area contributed by atoms with E-state index in [9.17, 15) is 37.9 Å². The van der Waals surface area contributed by atoms with E-state index >= 15 is 0 Å². The zero-order chi connectivity index (χ0) is 42.7. The van der Waals surface area contributed by atoms with Gasteiger partial charge >= 0.3 is 11.9 Å². The van der Waals surface area contributed by atoms with Crippen LogP contribution in [0.4, 0.5) is 0 Å². The quantitative estimate of drug-likeness (QED) is 0.0199. The molecule has 58 heavy (non-hydrogen) atoms. The van der Waals surface area contributed by atoms with Gasteiger partial charge in [0.2, 0.25) is 0 Å². The molecular weight excluding hydrogens is 765 g/mol. The molecule has 0 aromatic carbocycles. The van der Waals surface area contributed by atoms with E-state index in [1.807, 2.05) is 0 Å². The summed E-state index contributed by atoms with van der Waals surface area (Å²) in [6.07, 6.45) is 28.3. The molecule has 0 saturated carbocycles. The molecule has 13 heteroatoms. The topological polar surface area (TPSA) is 186 Å². The second kappa shape index (κ2) is 36.1. The number of unbranched alkanes of at least 4 members (excludes halogenated alkanes) is 25. The first kappa shape index (κ1) is 54.4. The summed E-state index contributed by atoms with van der Waals surface area (Å²) in [5.74, 6) is -1.99. The van der Waals surface area contributed by atoms with Crippen LogP contribution in [0, 0.1) is 0 Å². The van der Waals surface area contributed by atoms with Crippen LogP contribution in [0.1, 0.15) is 206 Å². The van der Waals surface area contributed by atoms with E-state index in [-0.39, 0.29) is 19.4 Å². The molecule has 4 N–H and O–H groups in total. The Hall–Kier alpha value is -1.61. The number of esters is 2. The summed E-state index contributed by atoms with van der Waals surface area (Å²) in [6.45, 7) is 3.76. The van der Waals surface area contributed by atoms with Crippen LogP contribution in [0.15, 0.2) is 12.2 Å². The molecule has 12 nitrogen and oxygen atoms in total. The van der Waals surface area contributed by atoms with E-state index < -0.39 is 71.2 Å². The van der Waals surface area contributed by atoms with Crippen molar-refractivity contribution in [3.05, 3.63) is 12.2 Å². The molecule has 0 bridgehead atoms. The van der Waals surface area contributed by atoms with Crippen molar-refractivity contribution in [3.63, 3.8) is 0 Å². The Balaban J connectivity index is 2.44. The highest BCUT2D eigenvalue weighted by molar-refractivity contribution is 7.85. The van der Waals surface area contributed by atoms with Gasteiger partial charge in [0, 0.05) is 12.8 Å². The molecule has 0 amide bonds. The van der Waals surface area contributed by atoms with Crippen LogP contribution in [-0.2, 0) is 38.7 Å². The minimum Gasteiger partial charge on any atom is -0.462 e. The highest BCUT2D eigenvalue weighted by Crippen LogP contribution is 2.24. The van der Waals surface area contributed by atoms with E-state index in [0.717, 1.165) is 44.9 Å². The number of hydrogen-bond acceptors (Lipinski definition) is 11. The summed E-state index contributed by atoms with van der Waals surface area (Å²) in [5, 5.41) is 30.9. The van der Waals surface area contributed by atoms with Gasteiger partial charge in [-0.2, -0.15) is 8.42 Å². The Morgan fingerprint density at radius 1 is 0.569 bits per heavy atom. The fraction of sp³-hybridized carbons (Fsp3) is 0.911. The summed E-state index contributed by atoms with van der Waals surface area (Å²) in [5.41, 5.74) is 0. The highest BCUT2D eigenvalue weighted by Gasteiger charge is 2.46. The molecule has 0 spiro atoms. The lowest BCUT2D eigenvalue weighted by atomic mass is 10.00. The SMILES string of the molecule is CCCCCCCCCC/C=C/CCCCCC(=O)O[C@H](COC(=O)CCCCCCCCCCCCCCCCC)CO[C@H]1O[C@H](CS(=O)(=O)O)[C@@H](O)C(O)C1O. The van der Waals surface area contributed by atoms with Gasteiger partial charge in [-0.25, -0.2) is 0 Å². The number of aliphatic hydroxyl groups is 3. The number of hydrogen-bond donors (Lipinski definition) is 4. The Kier molecular flexibility index (Phi) is 33.8. The Morgan fingerprint density at radius 2 is 0.983 bits per heavy atom. The lowest BCUT2D eigenvalue weighted by Crippen LogP contribution is -2.60. The molecule has 1 aliphatic rings. The normalized spacial score (nSPS) is 20.4. The molecule has 1 saturated heterocycles. The maximum absolute atomic E-state index is 12.8. The van der Waals surface area contributed by atoms with Gasteiger partial charge in [-0.3, -0.25) is 14.1 Å². The maximum Gasteiger partial charge on any atom is 0.306 e. The molecule has 1 aliphatic heterocycles. The Bertz CT molecular complexity index is 1130. The molecule has 1 rings (SSSR count). The third-order valence-corrected chi connectivity index (χ3v) is 11.6. The minimum absolute atomic E-state index is 0.148. The number of carbonyl (C=O) groups is 2. The Labute approximate surface area is 352 Å². The zero-order valence-electron chi connectivity index (χ0n) is 36.4. The third kappa shape index (κ3) is 30.4. The summed E-state index contributed by atoms with van der Waals surface area (Å²) in [4.78, 5) is 25.4. The first-order valence-electron chi connectivity index (χ1n) is 23.2. The second-order valence-corrected chi connectivity index (χ2v) is 17.9. The fourth-order valence-electron chi connectivity index (χ4n) is 7.20. The summed E-state index contributed by atoms with van der Waals surface area (Å²) >= 11 is 0. The molecule has 1 fully saturated rings. The Morgan fingerprint density at radius 3 is 1.45 bits per heavy atom. The third-order valence-electron chi connectivity index (χ3n) is 10.8. The molecular formula is C45H84O12S. The van der Waals surface area contributed by atoms with Gasteiger partial charge in [0.05, 0.1) is 6.61 Å². The van der Waals surface area contributed by atoms with Crippen molar-refractivity contribution >= 4 is 22.1 Å². The zero-order valence-corrected chi connectivity index (χ0v) is 37.2. The molecule has 6 atom stereocenters. The van der Waals surface area contributed by atoms with Crippen molar-refractivity contribution < 1.29 is 56.8 Å². The van der Waals surface area contributed by atoms with Crippen molar-refractivity contribution in [1.82, 2.24) is 0 Å². The van der Waals surface area contributed by atoms with Crippen LogP contribution < -0.4 is 0 Å². The van der Waals surface area contributed by atoms with Gasteiger partial charge < -0.3 is 34.3 Å². The number of ether oxygens (including phenoxy) is 4.